The van der Waals surface area contributed by atoms with Crippen LogP contribution in [-0.2, 0) is 132 Å². The Hall–Kier alpha value is -9.00. The molecule has 0 heterocycles. The number of hydrogen-bond donors (Lipinski definition) is 15. The maximum Gasteiger partial charge on any atom is 3.00 e. The number of unbranched alkanes of at least 4 members (excludes halogenated alkanes) is 6. The second-order valence-electron chi connectivity index (χ2n) is 29.5. The van der Waals surface area contributed by atoms with Crippen molar-refractivity contribution in [3.63, 3.8) is 0 Å². The van der Waals surface area contributed by atoms with E-state index in [2.05, 4.69) is 0 Å². The summed E-state index contributed by atoms with van der Waals surface area (Å²) in [4.78, 5) is 216. The minimum atomic E-state index is -4.94. The van der Waals surface area contributed by atoms with E-state index in [1.807, 2.05) is 91.0 Å². The molecular formula is C78H117GdN9O42P3. The third-order valence-electron chi connectivity index (χ3n) is 18.3. The van der Waals surface area contributed by atoms with Crippen molar-refractivity contribution in [3.8, 4) is 0 Å². The molecule has 51 nitrogen and oxygen atoms in total. The number of aliphatic carboxylic acids is 15. The molecule has 3 rings (SSSR count). The Labute approximate surface area is 796 Å². The van der Waals surface area contributed by atoms with Gasteiger partial charge >= 0.3 is 129 Å². The molecule has 0 aliphatic rings. The van der Waals surface area contributed by atoms with Crippen LogP contribution >= 0.6 is 23.5 Å². The number of benzene rings is 3. The van der Waals surface area contributed by atoms with Gasteiger partial charge in [-0.2, -0.15) is 0 Å². The molecule has 6 unspecified atom stereocenters. The molecule has 55 heteroatoms. The van der Waals surface area contributed by atoms with E-state index >= 15 is 0 Å². The zero-order valence-electron chi connectivity index (χ0n) is 72.5. The van der Waals surface area contributed by atoms with Gasteiger partial charge in [0.05, 0.1) is 138 Å². The fourth-order valence-corrected chi connectivity index (χ4v) is 14.9. The maximum absolute atomic E-state index is 12.4. The third kappa shape index (κ3) is 68.6. The zero-order valence-corrected chi connectivity index (χ0v) is 77.5. The van der Waals surface area contributed by atoms with Gasteiger partial charge in [0, 0.05) is 77.0 Å². The predicted octanol–water partition coefficient (Wildman–Crippen LogP) is -1.20. The first-order valence-electron chi connectivity index (χ1n) is 40.7. The van der Waals surface area contributed by atoms with E-state index in [1.54, 1.807) is 0 Å². The van der Waals surface area contributed by atoms with Crippen LogP contribution in [0.25, 0.3) is 0 Å². The molecule has 0 bridgehead atoms. The molecule has 133 heavy (non-hydrogen) atoms. The fraction of sp³-hybridized carbons (Fsp3) is 0.577. The third-order valence-corrected chi connectivity index (χ3v) is 21.2. The molecule has 1 radical (unpaired) electrons. The molecule has 15 N–H and O–H groups in total. The molecule has 0 amide bonds. The number of carbonyl (C=O) groups is 15. The van der Waals surface area contributed by atoms with Crippen LogP contribution in [0.15, 0.2) is 91.0 Å². The predicted molar refractivity (Wildman–Crippen MR) is 450 cm³/mol. The molecule has 3 aromatic rings. The van der Waals surface area contributed by atoms with E-state index in [4.69, 9.17) is 57.8 Å². The number of carboxylic acid groups (broad SMARTS) is 15. The van der Waals surface area contributed by atoms with Gasteiger partial charge < -0.3 is 118 Å². The van der Waals surface area contributed by atoms with Crippen LogP contribution in [0.2, 0.25) is 0 Å². The summed E-state index contributed by atoms with van der Waals surface area (Å²) < 4.78 is 66.9. The number of aryl methyl sites for hydroxylation is 3. The Balaban J connectivity index is 0.00000196. The summed E-state index contributed by atoms with van der Waals surface area (Å²) in [7, 11) is -14.8. The van der Waals surface area contributed by atoms with Crippen LogP contribution in [0.1, 0.15) is 74.5 Å². The van der Waals surface area contributed by atoms with Gasteiger partial charge in [-0.3, -0.25) is 130 Å². The van der Waals surface area contributed by atoms with E-state index in [1.165, 1.54) is 0 Å². The fourth-order valence-electron chi connectivity index (χ4n) is 12.5. The number of phosphoric ester groups is 3. The SMILES string of the molecule is O=C(O)CN(CCN(CC(=O)O)CC(COP(=O)([O-])OCCCCCc1ccccc1)N(CC(=O)O)CC(=O)O)CC(=O)O.O=C(O)CN(CCN(CC(=O)O)CC(COP(=O)([O-])OCCCCCc1ccccc1)N(CC(=O)O)CC(=O)O)CC(=O)O.O=C(O)CN(CCN(CC(=O)O)CC(COP(=O)([O-])OCCCCCc1ccccc1)N(CC(=O)O)CC(=O)O)CC(=O)O.[Gd+3]. The van der Waals surface area contributed by atoms with E-state index in [0.717, 1.165) is 99.3 Å². The molecular weight excluding hydrogens is 1990 g/mol. The summed E-state index contributed by atoms with van der Waals surface area (Å²) in [6.45, 7) is -17.0. The van der Waals surface area contributed by atoms with Gasteiger partial charge in [-0.25, -0.2) is 0 Å². The van der Waals surface area contributed by atoms with Crippen molar-refractivity contribution in [1.29, 1.82) is 0 Å². The van der Waals surface area contributed by atoms with Crippen LogP contribution in [-0.4, -0.2) is 425 Å². The Morgan fingerprint density at radius 2 is 0.406 bits per heavy atom. The molecule has 6 atom stereocenters. The molecule has 749 valence electrons. The number of rotatable bonds is 78. The quantitative estimate of drug-likeness (QED) is 0.0233. The van der Waals surface area contributed by atoms with Gasteiger partial charge in [-0.1, -0.05) is 110 Å². The largest absolute Gasteiger partial charge is 3.00 e. The summed E-state index contributed by atoms with van der Waals surface area (Å²) in [5.41, 5.74) is 3.41. The maximum atomic E-state index is 12.4. The summed E-state index contributed by atoms with van der Waals surface area (Å²) in [6.07, 6.45) is 7.92. The van der Waals surface area contributed by atoms with Crippen molar-refractivity contribution < 1.29 is 244 Å². The van der Waals surface area contributed by atoms with Crippen LogP contribution in [0.4, 0.5) is 0 Å². The summed E-state index contributed by atoms with van der Waals surface area (Å²) >= 11 is 0. The Bertz CT molecular complexity index is 3690. The first kappa shape index (κ1) is 124. The van der Waals surface area contributed by atoms with Gasteiger partial charge in [0.1, 0.15) is 0 Å². The average molecular weight is 2100 g/mol. The molecule has 0 saturated heterocycles. The van der Waals surface area contributed by atoms with Gasteiger partial charge in [0.15, 0.2) is 0 Å². The van der Waals surface area contributed by atoms with Crippen molar-refractivity contribution in [2.75, 3.05) is 197 Å². The number of phosphoric acid groups is 3. The van der Waals surface area contributed by atoms with Gasteiger partial charge in [-0.05, 0) is 74.5 Å². The van der Waals surface area contributed by atoms with Crippen LogP contribution < -0.4 is 14.7 Å². The van der Waals surface area contributed by atoms with Gasteiger partial charge in [-0.15, -0.1) is 0 Å². The van der Waals surface area contributed by atoms with Crippen LogP contribution in [0.3, 0.4) is 0 Å². The zero-order chi connectivity index (χ0) is 99.4. The molecule has 0 aliphatic carbocycles. The Morgan fingerprint density at radius 1 is 0.241 bits per heavy atom. The van der Waals surface area contributed by atoms with Crippen molar-refractivity contribution >= 4 is 113 Å². The molecule has 0 aliphatic heterocycles. The standard InChI is InChI=1S/3C26H40N3O14P.Gd/c3*30-22(31)14-27(10-11-28(15-23(32)33)16-24(34)35)13-21(29(17-25(36)37)18-26(38)39)19-43-44(40,41)42-12-6-2-5-9-20-7-3-1-4-8-20;/h3*1,3-4,7-8,21H,2,5-6,9-19H2,(H,30,31)(H,32,33)(H,34,35)(H,36,37)(H,38,39)(H,40,41);/q;;;+3/p-3. The van der Waals surface area contributed by atoms with Crippen molar-refractivity contribution in [2.24, 2.45) is 0 Å². The molecule has 3 aromatic carbocycles. The smallest absolute Gasteiger partial charge is 0.756 e. The molecule has 0 fully saturated rings. The van der Waals surface area contributed by atoms with Crippen molar-refractivity contribution in [2.45, 2.75) is 95.2 Å². The van der Waals surface area contributed by atoms with E-state index < -0.39 is 269 Å². The van der Waals surface area contributed by atoms with Gasteiger partial charge in [0.25, 0.3) is 23.5 Å². The molecule has 0 aromatic heterocycles. The first-order valence-corrected chi connectivity index (χ1v) is 45.1. The second kappa shape index (κ2) is 69.8. The normalized spacial score (nSPS) is 13.4. The van der Waals surface area contributed by atoms with E-state index in [9.17, 15) is 146 Å². The van der Waals surface area contributed by atoms with E-state index in [-0.39, 0.29) is 99.0 Å². The Morgan fingerprint density at radius 3 is 0.579 bits per heavy atom. The topological polar surface area (TPSA) is 764 Å². The summed E-state index contributed by atoms with van der Waals surface area (Å²) in [5, 5.41) is 138. The number of nitrogens with zero attached hydrogens (tertiary/aromatic N) is 9. The van der Waals surface area contributed by atoms with Crippen molar-refractivity contribution in [3.05, 3.63) is 108 Å². The second-order valence-corrected chi connectivity index (χ2v) is 33.8. The van der Waals surface area contributed by atoms with Gasteiger partial charge in [0.2, 0.25) is 0 Å². The molecule has 0 spiro atoms. The van der Waals surface area contributed by atoms with Crippen LogP contribution in [0, 0.1) is 39.9 Å². The average Bonchev–Trinajstić information content (AvgIpc) is 0.868. The van der Waals surface area contributed by atoms with E-state index in [0.29, 0.717) is 38.5 Å². The summed E-state index contributed by atoms with van der Waals surface area (Å²) in [5.74, 6) is -20.8. The number of carboxylic acids is 15. The monoisotopic (exact) mass is 2100 g/mol. The van der Waals surface area contributed by atoms with Crippen LogP contribution in [0.5, 0.6) is 0 Å². The first-order chi connectivity index (χ1) is 62.0. The minimum absolute atomic E-state index is 0. The molecule has 0 saturated carbocycles. The summed E-state index contributed by atoms with van der Waals surface area (Å²) in [6, 6.07) is 25.2. The minimum Gasteiger partial charge on any atom is -0.756 e. The number of hydrogen-bond acceptors (Lipinski definition) is 36. The Kier molecular flexibility index (Phi) is 65.0. The van der Waals surface area contributed by atoms with Crippen molar-refractivity contribution in [1.82, 2.24) is 44.1 Å².